The fraction of sp³-hybridized carbons (Fsp3) is 0.500. The van der Waals surface area contributed by atoms with Crippen molar-refractivity contribution in [2.24, 2.45) is 11.3 Å². The average Bonchev–Trinajstić information content (AvgIpc) is 2.88. The Bertz CT molecular complexity index is 804. The highest BCUT2D eigenvalue weighted by Gasteiger charge is 2.43. The number of benzene rings is 1. The lowest BCUT2D eigenvalue weighted by Gasteiger charge is -2.30. The van der Waals surface area contributed by atoms with Crippen LogP contribution in [0.25, 0.3) is 5.69 Å². The van der Waals surface area contributed by atoms with E-state index in [4.69, 9.17) is 0 Å². The summed E-state index contributed by atoms with van der Waals surface area (Å²) >= 11 is 0. The number of hydrogen-bond donors (Lipinski definition) is 1. The van der Waals surface area contributed by atoms with Gasteiger partial charge in [-0.15, -0.1) is 0 Å². The van der Waals surface area contributed by atoms with Gasteiger partial charge in [-0.2, -0.15) is 0 Å². The highest BCUT2D eigenvalue weighted by Crippen LogP contribution is 2.52. The molecule has 0 bridgehead atoms. The molecule has 0 spiro atoms. The molecule has 1 aliphatic carbocycles. The lowest BCUT2D eigenvalue weighted by molar-refractivity contribution is 0.247. The van der Waals surface area contributed by atoms with Gasteiger partial charge in [-0.3, -0.25) is 9.89 Å². The molecule has 0 saturated heterocycles. The monoisotopic (exact) mass is 320 g/mol. The topological polar surface area (TPSA) is 37.8 Å². The molecule has 1 aromatic carbocycles. The number of nitrogens with one attached hydrogen (secondary N) is 1. The van der Waals surface area contributed by atoms with Crippen molar-refractivity contribution in [2.75, 3.05) is 0 Å². The van der Waals surface area contributed by atoms with Crippen molar-refractivity contribution < 1.29 is 8.78 Å². The lowest BCUT2D eigenvalue weighted by Crippen LogP contribution is -2.27. The van der Waals surface area contributed by atoms with Gasteiger partial charge in [0, 0.05) is 17.3 Å². The highest BCUT2D eigenvalue weighted by molar-refractivity contribution is 5.36. The fourth-order valence-electron chi connectivity index (χ4n) is 3.82. The summed E-state index contributed by atoms with van der Waals surface area (Å²) in [6.07, 6.45) is 2.03. The van der Waals surface area contributed by atoms with Crippen molar-refractivity contribution in [2.45, 2.75) is 46.5 Å². The number of rotatable bonds is 2. The van der Waals surface area contributed by atoms with Crippen molar-refractivity contribution in [3.05, 3.63) is 51.4 Å². The molecule has 1 N–H and O–H groups in total. The van der Waals surface area contributed by atoms with Gasteiger partial charge in [0.05, 0.1) is 0 Å². The second-order valence-corrected chi connectivity index (χ2v) is 7.24. The van der Waals surface area contributed by atoms with Crippen LogP contribution in [-0.4, -0.2) is 9.78 Å². The third kappa shape index (κ3) is 2.42. The van der Waals surface area contributed by atoms with Gasteiger partial charge in [0.15, 0.2) is 5.82 Å². The minimum atomic E-state index is -0.751. The second-order valence-electron chi connectivity index (χ2n) is 7.24. The maximum atomic E-state index is 14.0. The molecule has 0 aliphatic heterocycles. The quantitative estimate of drug-likeness (QED) is 0.880. The third-order valence-electron chi connectivity index (χ3n) is 5.67. The van der Waals surface area contributed by atoms with Crippen LogP contribution in [-0.2, 0) is 0 Å². The number of H-pyrrole nitrogens is 1. The van der Waals surface area contributed by atoms with Gasteiger partial charge < -0.3 is 0 Å². The first-order valence-electron chi connectivity index (χ1n) is 8.00. The van der Waals surface area contributed by atoms with Crippen LogP contribution in [0.4, 0.5) is 8.78 Å². The number of aryl methyl sites for hydroxylation is 1. The SMILES string of the molecule is Cc1[nH]n(-c2ccc(F)cc2F)c(=O)c1[C@@H]1CC[C@@H](C)C1(C)C. The summed E-state index contributed by atoms with van der Waals surface area (Å²) in [5.74, 6) is -0.740. The van der Waals surface area contributed by atoms with E-state index in [9.17, 15) is 13.6 Å². The van der Waals surface area contributed by atoms with E-state index in [1.807, 2.05) is 6.92 Å². The van der Waals surface area contributed by atoms with Crippen molar-refractivity contribution in [1.82, 2.24) is 9.78 Å². The molecule has 1 fully saturated rings. The van der Waals surface area contributed by atoms with Crippen LogP contribution in [0.3, 0.4) is 0 Å². The molecule has 3 nitrogen and oxygen atoms in total. The number of hydrogen-bond acceptors (Lipinski definition) is 1. The predicted molar refractivity (Wildman–Crippen MR) is 86.0 cm³/mol. The summed E-state index contributed by atoms with van der Waals surface area (Å²) in [5.41, 5.74) is 1.31. The predicted octanol–water partition coefficient (Wildman–Crippen LogP) is 4.29. The first-order chi connectivity index (χ1) is 10.7. The Morgan fingerprint density at radius 1 is 1.26 bits per heavy atom. The van der Waals surface area contributed by atoms with Crippen molar-refractivity contribution in [1.29, 1.82) is 0 Å². The van der Waals surface area contributed by atoms with Gasteiger partial charge in [-0.05, 0) is 49.1 Å². The van der Waals surface area contributed by atoms with Gasteiger partial charge in [-0.25, -0.2) is 13.5 Å². The molecular formula is C18H22F2N2O. The molecule has 2 atom stereocenters. The molecule has 23 heavy (non-hydrogen) atoms. The van der Waals surface area contributed by atoms with E-state index in [1.165, 1.54) is 10.7 Å². The zero-order valence-corrected chi connectivity index (χ0v) is 13.9. The fourth-order valence-corrected chi connectivity index (χ4v) is 3.82. The molecule has 2 aromatic rings. The number of aromatic amines is 1. The van der Waals surface area contributed by atoms with E-state index < -0.39 is 11.6 Å². The van der Waals surface area contributed by atoms with Crippen molar-refractivity contribution >= 4 is 0 Å². The minimum Gasteiger partial charge on any atom is -0.295 e. The smallest absolute Gasteiger partial charge is 0.275 e. The molecule has 1 aliphatic rings. The van der Waals surface area contributed by atoms with E-state index in [1.54, 1.807) is 0 Å². The Kier molecular flexibility index (Phi) is 3.69. The molecular weight excluding hydrogens is 298 g/mol. The Morgan fingerprint density at radius 2 is 1.96 bits per heavy atom. The first-order valence-corrected chi connectivity index (χ1v) is 8.00. The summed E-state index contributed by atoms with van der Waals surface area (Å²) < 4.78 is 28.3. The van der Waals surface area contributed by atoms with E-state index in [-0.39, 0.29) is 22.6 Å². The van der Waals surface area contributed by atoms with Crippen LogP contribution >= 0.6 is 0 Å². The summed E-state index contributed by atoms with van der Waals surface area (Å²) in [5, 5.41) is 2.96. The molecule has 3 rings (SSSR count). The molecule has 1 aromatic heterocycles. The van der Waals surface area contributed by atoms with Crippen molar-refractivity contribution in [3.8, 4) is 5.69 Å². The second kappa shape index (κ2) is 5.32. The number of nitrogens with zero attached hydrogens (tertiary/aromatic N) is 1. The van der Waals surface area contributed by atoms with Gasteiger partial charge in [0.1, 0.15) is 11.5 Å². The molecule has 0 unspecified atom stereocenters. The van der Waals surface area contributed by atoms with Crippen LogP contribution in [0.15, 0.2) is 23.0 Å². The Labute approximate surface area is 134 Å². The summed E-state index contributed by atoms with van der Waals surface area (Å²) in [6.45, 7) is 8.42. The normalized spacial score (nSPS) is 23.4. The van der Waals surface area contributed by atoms with Gasteiger partial charge in [-0.1, -0.05) is 20.8 Å². The van der Waals surface area contributed by atoms with Crippen LogP contribution < -0.4 is 5.56 Å². The molecule has 0 radical (unpaired) electrons. The number of aromatic nitrogens is 2. The summed E-state index contributed by atoms with van der Waals surface area (Å²) in [7, 11) is 0. The highest BCUT2D eigenvalue weighted by atomic mass is 19.1. The van der Waals surface area contributed by atoms with Gasteiger partial charge >= 0.3 is 0 Å². The van der Waals surface area contributed by atoms with Crippen LogP contribution in [0.5, 0.6) is 0 Å². The molecule has 124 valence electrons. The molecule has 0 amide bonds. The van der Waals surface area contributed by atoms with E-state index >= 15 is 0 Å². The Hall–Kier alpha value is -1.91. The molecule has 5 heteroatoms. The molecule has 1 heterocycles. The summed E-state index contributed by atoms with van der Waals surface area (Å²) in [4.78, 5) is 12.9. The maximum absolute atomic E-state index is 14.0. The standard InChI is InChI=1S/C18H22F2N2O/c1-10-5-7-13(18(10,3)4)16-11(2)21-22(17(16)23)15-8-6-12(19)9-14(15)20/h6,8-10,13,21H,5,7H2,1-4H3/t10-,13+/m1/s1. The van der Waals surface area contributed by atoms with Crippen LogP contribution in [0.2, 0.25) is 0 Å². The molecule has 1 saturated carbocycles. The largest absolute Gasteiger partial charge is 0.295 e. The summed E-state index contributed by atoms with van der Waals surface area (Å²) in [6, 6.07) is 3.23. The maximum Gasteiger partial charge on any atom is 0.275 e. The Balaban J connectivity index is 2.13. The van der Waals surface area contributed by atoms with Crippen LogP contribution in [0, 0.1) is 29.9 Å². The number of halogens is 2. The zero-order valence-electron chi connectivity index (χ0n) is 13.9. The third-order valence-corrected chi connectivity index (χ3v) is 5.67. The van der Waals surface area contributed by atoms with E-state index in [0.717, 1.165) is 36.2 Å². The van der Waals surface area contributed by atoms with Crippen LogP contribution in [0.1, 0.15) is 50.8 Å². The van der Waals surface area contributed by atoms with Gasteiger partial charge in [0.25, 0.3) is 5.56 Å². The van der Waals surface area contributed by atoms with E-state index in [0.29, 0.717) is 5.92 Å². The lowest BCUT2D eigenvalue weighted by atomic mass is 9.73. The average molecular weight is 320 g/mol. The minimum absolute atomic E-state index is 0.0191. The van der Waals surface area contributed by atoms with Gasteiger partial charge in [0.2, 0.25) is 0 Å². The zero-order chi connectivity index (χ0) is 16.9. The van der Waals surface area contributed by atoms with Crippen molar-refractivity contribution in [3.63, 3.8) is 0 Å². The van der Waals surface area contributed by atoms with E-state index in [2.05, 4.69) is 25.9 Å². The Morgan fingerprint density at radius 3 is 2.52 bits per heavy atom. The first kappa shape index (κ1) is 16.0.